The van der Waals surface area contributed by atoms with E-state index in [0.29, 0.717) is 5.38 Å². The number of alkyl halides is 1. The molecule has 2 heteroatoms. The zero-order valence-electron chi connectivity index (χ0n) is 7.09. The van der Waals surface area contributed by atoms with Crippen molar-refractivity contribution in [1.82, 2.24) is 4.90 Å². The van der Waals surface area contributed by atoms with Crippen LogP contribution >= 0.6 is 11.6 Å². The molecule has 1 nitrogen and oxygen atoms in total. The highest BCUT2D eigenvalue weighted by Gasteiger charge is 2.34. The van der Waals surface area contributed by atoms with Crippen LogP contribution in [0.5, 0.6) is 0 Å². The van der Waals surface area contributed by atoms with Crippen molar-refractivity contribution in [3.8, 4) is 0 Å². The normalized spacial score (nSPS) is 45.8. The summed E-state index contributed by atoms with van der Waals surface area (Å²) in [4.78, 5) is 2.54. The first-order valence-electron chi connectivity index (χ1n) is 4.63. The Bertz CT molecular complexity index is 134. The third-order valence-corrected chi connectivity index (χ3v) is 3.64. The second-order valence-electron chi connectivity index (χ2n) is 3.97. The lowest BCUT2D eigenvalue weighted by Crippen LogP contribution is -2.50. The van der Waals surface area contributed by atoms with E-state index in [0.717, 1.165) is 12.1 Å². The van der Waals surface area contributed by atoms with Crippen LogP contribution in [0.25, 0.3) is 0 Å². The second-order valence-corrected chi connectivity index (χ2v) is 4.59. The molecule has 2 fully saturated rings. The quantitative estimate of drug-likeness (QED) is 0.508. The van der Waals surface area contributed by atoms with Crippen molar-refractivity contribution in [2.24, 2.45) is 0 Å². The van der Waals surface area contributed by atoms with E-state index in [1.165, 1.54) is 32.1 Å². The van der Waals surface area contributed by atoms with Crippen molar-refractivity contribution in [2.75, 3.05) is 7.05 Å². The molecule has 64 valence electrons. The molecule has 0 aromatic heterocycles. The van der Waals surface area contributed by atoms with Crippen molar-refractivity contribution in [2.45, 2.75) is 49.6 Å². The van der Waals surface area contributed by atoms with Crippen molar-refractivity contribution in [3.63, 3.8) is 0 Å². The van der Waals surface area contributed by atoms with Crippen LogP contribution < -0.4 is 0 Å². The van der Waals surface area contributed by atoms with Gasteiger partial charge in [0.05, 0.1) is 0 Å². The Morgan fingerprint density at radius 1 is 1.18 bits per heavy atom. The Morgan fingerprint density at radius 2 is 1.73 bits per heavy atom. The second kappa shape index (κ2) is 2.95. The van der Waals surface area contributed by atoms with Gasteiger partial charge in [-0.25, -0.2) is 0 Å². The van der Waals surface area contributed by atoms with Crippen LogP contribution in [0.4, 0.5) is 0 Å². The Balaban J connectivity index is 2.07. The smallest absolute Gasteiger partial charge is 0.0365 e. The van der Waals surface area contributed by atoms with Gasteiger partial charge >= 0.3 is 0 Å². The zero-order chi connectivity index (χ0) is 7.84. The molecule has 2 rings (SSSR count). The summed E-state index contributed by atoms with van der Waals surface area (Å²) in [6.07, 6.45) is 6.60. The summed E-state index contributed by atoms with van der Waals surface area (Å²) in [7, 11) is 2.26. The van der Waals surface area contributed by atoms with Crippen molar-refractivity contribution in [3.05, 3.63) is 0 Å². The molecule has 0 aromatic rings. The van der Waals surface area contributed by atoms with E-state index >= 15 is 0 Å². The molecule has 0 radical (unpaired) electrons. The molecular weight excluding hydrogens is 158 g/mol. The van der Waals surface area contributed by atoms with Crippen LogP contribution in [-0.4, -0.2) is 29.4 Å². The summed E-state index contributed by atoms with van der Waals surface area (Å²) >= 11 is 6.16. The molecular formula is C9H16ClN. The van der Waals surface area contributed by atoms with Gasteiger partial charge in [-0.15, -0.1) is 11.6 Å². The summed E-state index contributed by atoms with van der Waals surface area (Å²) < 4.78 is 0. The van der Waals surface area contributed by atoms with E-state index in [1.54, 1.807) is 0 Å². The summed E-state index contributed by atoms with van der Waals surface area (Å²) in [6.45, 7) is 0. The zero-order valence-corrected chi connectivity index (χ0v) is 7.85. The van der Waals surface area contributed by atoms with Gasteiger partial charge in [-0.3, -0.25) is 0 Å². The molecule has 0 amide bonds. The highest BCUT2D eigenvalue weighted by atomic mass is 35.5. The fraction of sp³-hybridized carbons (Fsp3) is 1.00. The largest absolute Gasteiger partial charge is 0.300 e. The number of fused-ring (bicyclic) bond motifs is 2. The maximum atomic E-state index is 6.16. The highest BCUT2D eigenvalue weighted by molar-refractivity contribution is 6.20. The monoisotopic (exact) mass is 173 g/mol. The molecule has 2 heterocycles. The van der Waals surface area contributed by atoms with E-state index in [4.69, 9.17) is 11.6 Å². The summed E-state index contributed by atoms with van der Waals surface area (Å²) in [6, 6.07) is 1.59. The number of rotatable bonds is 0. The van der Waals surface area contributed by atoms with Gasteiger partial charge in [0.2, 0.25) is 0 Å². The van der Waals surface area contributed by atoms with Crippen LogP contribution in [0.3, 0.4) is 0 Å². The summed E-state index contributed by atoms with van der Waals surface area (Å²) in [5.41, 5.74) is 0. The first-order valence-corrected chi connectivity index (χ1v) is 5.07. The van der Waals surface area contributed by atoms with Gasteiger partial charge < -0.3 is 4.90 Å². The lowest BCUT2D eigenvalue weighted by Gasteiger charge is -2.45. The average Bonchev–Trinajstić information content (AvgIpc) is 1.92. The van der Waals surface area contributed by atoms with Gasteiger partial charge in [-0.1, -0.05) is 6.42 Å². The minimum Gasteiger partial charge on any atom is -0.300 e. The SMILES string of the molecule is CN1C2CCCC1CC(Cl)C2. The maximum absolute atomic E-state index is 6.16. The molecule has 11 heavy (non-hydrogen) atoms. The van der Waals surface area contributed by atoms with Crippen molar-refractivity contribution >= 4 is 11.6 Å². The minimum absolute atomic E-state index is 0.460. The molecule has 2 atom stereocenters. The van der Waals surface area contributed by atoms with E-state index < -0.39 is 0 Å². The Kier molecular flexibility index (Phi) is 2.11. The molecule has 2 bridgehead atoms. The fourth-order valence-electron chi connectivity index (χ4n) is 2.55. The predicted molar refractivity (Wildman–Crippen MR) is 48.1 cm³/mol. The molecule has 0 N–H and O–H groups in total. The van der Waals surface area contributed by atoms with Gasteiger partial charge in [0.25, 0.3) is 0 Å². The number of halogens is 1. The average molecular weight is 174 g/mol. The number of hydrogen-bond acceptors (Lipinski definition) is 1. The molecule has 2 saturated heterocycles. The standard InChI is InChI=1S/C9H16ClN/c1-11-8-3-2-4-9(11)6-7(10)5-8/h7-9H,2-6H2,1H3. The van der Waals surface area contributed by atoms with Crippen LogP contribution in [0, 0.1) is 0 Å². The van der Waals surface area contributed by atoms with Gasteiger partial charge in [0.1, 0.15) is 0 Å². The van der Waals surface area contributed by atoms with Crippen molar-refractivity contribution < 1.29 is 0 Å². The van der Waals surface area contributed by atoms with E-state index in [1.807, 2.05) is 0 Å². The third kappa shape index (κ3) is 1.41. The lowest BCUT2D eigenvalue weighted by atomic mass is 9.85. The maximum Gasteiger partial charge on any atom is 0.0365 e. The molecule has 0 aliphatic carbocycles. The number of nitrogens with zero attached hydrogens (tertiary/aromatic N) is 1. The third-order valence-electron chi connectivity index (χ3n) is 3.28. The molecule has 0 aromatic carbocycles. The van der Waals surface area contributed by atoms with Crippen LogP contribution in [0.15, 0.2) is 0 Å². The summed E-state index contributed by atoms with van der Waals surface area (Å²) in [5, 5.41) is 0.460. The highest BCUT2D eigenvalue weighted by Crippen LogP contribution is 2.34. The van der Waals surface area contributed by atoms with Gasteiger partial charge in [-0.05, 0) is 32.7 Å². The van der Waals surface area contributed by atoms with E-state index in [9.17, 15) is 0 Å². The topological polar surface area (TPSA) is 3.24 Å². The van der Waals surface area contributed by atoms with Crippen LogP contribution in [0.2, 0.25) is 0 Å². The fourth-order valence-corrected chi connectivity index (χ4v) is 2.96. The van der Waals surface area contributed by atoms with Gasteiger partial charge in [-0.2, -0.15) is 0 Å². The number of piperidine rings is 2. The molecule has 0 saturated carbocycles. The first-order chi connectivity index (χ1) is 5.27. The van der Waals surface area contributed by atoms with E-state index in [2.05, 4.69) is 11.9 Å². The minimum atomic E-state index is 0.460. The molecule has 2 aliphatic rings. The Labute approximate surface area is 73.7 Å². The van der Waals surface area contributed by atoms with Gasteiger partial charge in [0, 0.05) is 17.5 Å². The molecule has 0 spiro atoms. The Hall–Kier alpha value is 0.250. The predicted octanol–water partition coefficient (Wildman–Crippen LogP) is 2.24. The van der Waals surface area contributed by atoms with Crippen molar-refractivity contribution in [1.29, 1.82) is 0 Å². The molecule has 2 aliphatic heterocycles. The first kappa shape index (κ1) is 7.88. The summed E-state index contributed by atoms with van der Waals surface area (Å²) in [5.74, 6) is 0. The van der Waals surface area contributed by atoms with E-state index in [-0.39, 0.29) is 0 Å². The lowest BCUT2D eigenvalue weighted by molar-refractivity contribution is 0.0695. The molecule has 2 unspecified atom stereocenters. The number of hydrogen-bond donors (Lipinski definition) is 0. The van der Waals surface area contributed by atoms with Gasteiger partial charge in [0.15, 0.2) is 0 Å². The van der Waals surface area contributed by atoms with Crippen LogP contribution in [0.1, 0.15) is 32.1 Å². The van der Waals surface area contributed by atoms with Crippen LogP contribution in [-0.2, 0) is 0 Å². The Morgan fingerprint density at radius 3 is 2.27 bits per heavy atom.